The number of anilines is 1. The first-order chi connectivity index (χ1) is 8.72. The number of rotatable bonds is 2. The largest absolute Gasteiger partial charge is 0.322 e. The Morgan fingerprint density at radius 1 is 1.44 bits per heavy atom. The highest BCUT2D eigenvalue weighted by molar-refractivity contribution is 5.89. The van der Waals surface area contributed by atoms with Gasteiger partial charge in [-0.3, -0.25) is 0 Å². The van der Waals surface area contributed by atoms with Gasteiger partial charge < -0.3 is 10.2 Å². The number of benzene rings is 1. The first-order valence-corrected chi connectivity index (χ1v) is 6.54. The number of para-hydroxylation sites is 1. The van der Waals surface area contributed by atoms with Crippen molar-refractivity contribution in [1.29, 1.82) is 0 Å². The van der Waals surface area contributed by atoms with Crippen LogP contribution in [0.15, 0.2) is 24.3 Å². The summed E-state index contributed by atoms with van der Waals surface area (Å²) in [6.07, 6.45) is 4.19. The summed E-state index contributed by atoms with van der Waals surface area (Å²) in [5.74, 6) is -0.393. The quantitative estimate of drug-likeness (QED) is 0.854. The molecule has 3 nitrogen and oxygen atoms in total. The highest BCUT2D eigenvalue weighted by Gasteiger charge is 2.25. The molecule has 0 bridgehead atoms. The zero-order valence-electron chi connectivity index (χ0n) is 10.7. The zero-order chi connectivity index (χ0) is 13.0. The smallest absolute Gasteiger partial charge is 0.322 e. The number of hydrogen-bond acceptors (Lipinski definition) is 1. The Kier molecular flexibility index (Phi) is 4.18. The molecule has 0 unspecified atom stereocenters. The minimum Gasteiger partial charge on any atom is -0.322 e. The average molecular weight is 250 g/mol. The average Bonchev–Trinajstić information content (AvgIpc) is 2.41. The third-order valence-electron chi connectivity index (χ3n) is 3.47. The molecule has 1 aromatic rings. The van der Waals surface area contributed by atoms with Gasteiger partial charge in [0.05, 0.1) is 5.69 Å². The number of nitrogens with zero attached hydrogens (tertiary/aromatic N) is 1. The van der Waals surface area contributed by atoms with E-state index < -0.39 is 5.82 Å². The summed E-state index contributed by atoms with van der Waals surface area (Å²) in [5, 5.41) is 2.66. The number of hydrogen-bond donors (Lipinski definition) is 1. The molecule has 1 heterocycles. The van der Waals surface area contributed by atoms with Crippen LogP contribution in [-0.2, 0) is 0 Å². The Morgan fingerprint density at radius 3 is 2.94 bits per heavy atom. The molecule has 1 N–H and O–H groups in total. The summed E-state index contributed by atoms with van der Waals surface area (Å²) >= 11 is 0. The van der Waals surface area contributed by atoms with Crippen LogP contribution in [0.3, 0.4) is 0 Å². The fraction of sp³-hybridized carbons (Fsp3) is 0.500. The topological polar surface area (TPSA) is 32.3 Å². The Labute approximate surface area is 107 Å². The highest BCUT2D eigenvalue weighted by atomic mass is 19.1. The molecule has 1 fully saturated rings. The lowest BCUT2D eigenvalue weighted by Crippen LogP contribution is -2.45. The molecule has 0 spiro atoms. The number of likely N-dealkylation sites (tertiary alicyclic amines) is 1. The fourth-order valence-electron chi connectivity index (χ4n) is 2.44. The van der Waals surface area contributed by atoms with Gasteiger partial charge in [-0.2, -0.15) is 0 Å². The molecule has 1 aliphatic heterocycles. The maximum Gasteiger partial charge on any atom is 0.322 e. The van der Waals surface area contributed by atoms with Crippen molar-refractivity contribution >= 4 is 11.7 Å². The lowest BCUT2D eigenvalue weighted by atomic mass is 10.0. The van der Waals surface area contributed by atoms with Gasteiger partial charge in [0.1, 0.15) is 5.82 Å². The van der Waals surface area contributed by atoms with Gasteiger partial charge in [-0.05, 0) is 37.8 Å². The number of carbonyl (C=O) groups is 1. The van der Waals surface area contributed by atoms with Crippen molar-refractivity contribution in [2.45, 2.75) is 38.6 Å². The Balaban J connectivity index is 2.05. The molecule has 0 saturated carbocycles. The van der Waals surface area contributed by atoms with Crippen LogP contribution in [0.25, 0.3) is 0 Å². The summed E-state index contributed by atoms with van der Waals surface area (Å²) in [6, 6.07) is 6.35. The molecule has 1 aromatic carbocycles. The second-order valence-corrected chi connectivity index (χ2v) is 4.66. The molecule has 1 aliphatic rings. The first-order valence-electron chi connectivity index (χ1n) is 6.54. The predicted molar refractivity (Wildman–Crippen MR) is 70.1 cm³/mol. The van der Waals surface area contributed by atoms with E-state index in [0.717, 1.165) is 25.8 Å². The van der Waals surface area contributed by atoms with Gasteiger partial charge in [-0.25, -0.2) is 9.18 Å². The van der Waals surface area contributed by atoms with Crippen molar-refractivity contribution in [3.8, 4) is 0 Å². The minimum atomic E-state index is -0.393. The fourth-order valence-corrected chi connectivity index (χ4v) is 2.44. The predicted octanol–water partition coefficient (Wildman–Crippen LogP) is 3.62. The van der Waals surface area contributed by atoms with Gasteiger partial charge in [0.2, 0.25) is 0 Å². The monoisotopic (exact) mass is 250 g/mol. The van der Waals surface area contributed by atoms with E-state index in [2.05, 4.69) is 12.2 Å². The SMILES string of the molecule is CC[C@H]1CCCCN1C(=O)Nc1ccccc1F. The van der Waals surface area contributed by atoms with Gasteiger partial charge in [-0.1, -0.05) is 19.1 Å². The van der Waals surface area contributed by atoms with Gasteiger partial charge >= 0.3 is 6.03 Å². The maximum atomic E-state index is 13.5. The van der Waals surface area contributed by atoms with Crippen molar-refractivity contribution < 1.29 is 9.18 Å². The van der Waals surface area contributed by atoms with Crippen LogP contribution < -0.4 is 5.32 Å². The Hall–Kier alpha value is -1.58. The molecule has 2 amide bonds. The van der Waals surface area contributed by atoms with Crippen LogP contribution in [0.4, 0.5) is 14.9 Å². The van der Waals surface area contributed by atoms with Crippen LogP contribution in [0.2, 0.25) is 0 Å². The number of amides is 2. The number of halogens is 1. The minimum absolute atomic E-state index is 0.188. The van der Waals surface area contributed by atoms with E-state index in [1.54, 1.807) is 18.2 Å². The normalized spacial score (nSPS) is 19.7. The molecular formula is C14H19FN2O. The zero-order valence-corrected chi connectivity index (χ0v) is 10.7. The second kappa shape index (κ2) is 5.85. The molecule has 1 atom stereocenters. The number of urea groups is 1. The van der Waals surface area contributed by atoms with E-state index in [-0.39, 0.29) is 17.8 Å². The van der Waals surface area contributed by atoms with Gasteiger partial charge in [0, 0.05) is 12.6 Å². The summed E-state index contributed by atoms with van der Waals surface area (Å²) < 4.78 is 13.5. The molecule has 2 rings (SSSR count). The van der Waals surface area contributed by atoms with Crippen molar-refractivity contribution in [1.82, 2.24) is 4.90 Å². The third-order valence-corrected chi connectivity index (χ3v) is 3.47. The van der Waals surface area contributed by atoms with E-state index in [1.165, 1.54) is 12.5 Å². The van der Waals surface area contributed by atoms with Crippen LogP contribution in [-0.4, -0.2) is 23.5 Å². The van der Waals surface area contributed by atoms with E-state index in [0.29, 0.717) is 0 Å². The van der Waals surface area contributed by atoms with Crippen LogP contribution in [0.1, 0.15) is 32.6 Å². The van der Waals surface area contributed by atoms with Crippen LogP contribution >= 0.6 is 0 Å². The van der Waals surface area contributed by atoms with Crippen molar-refractivity contribution in [3.63, 3.8) is 0 Å². The molecule has 0 radical (unpaired) electrons. The summed E-state index contributed by atoms with van der Waals surface area (Å²) in [7, 11) is 0. The molecule has 0 aromatic heterocycles. The lowest BCUT2D eigenvalue weighted by molar-refractivity contribution is 0.160. The Morgan fingerprint density at radius 2 is 2.22 bits per heavy atom. The highest BCUT2D eigenvalue weighted by Crippen LogP contribution is 2.21. The van der Waals surface area contributed by atoms with Crippen LogP contribution in [0, 0.1) is 5.82 Å². The molecule has 0 aliphatic carbocycles. The van der Waals surface area contributed by atoms with Gasteiger partial charge in [-0.15, -0.1) is 0 Å². The van der Waals surface area contributed by atoms with Crippen molar-refractivity contribution in [3.05, 3.63) is 30.1 Å². The number of piperidine rings is 1. The number of nitrogens with one attached hydrogen (secondary N) is 1. The summed E-state index contributed by atoms with van der Waals surface area (Å²) in [6.45, 7) is 2.85. The molecule has 18 heavy (non-hydrogen) atoms. The first kappa shape index (κ1) is 12.9. The van der Waals surface area contributed by atoms with Crippen molar-refractivity contribution in [2.75, 3.05) is 11.9 Å². The van der Waals surface area contributed by atoms with Gasteiger partial charge in [0.25, 0.3) is 0 Å². The molecule has 4 heteroatoms. The molecule has 1 saturated heterocycles. The van der Waals surface area contributed by atoms with Crippen molar-refractivity contribution in [2.24, 2.45) is 0 Å². The maximum absolute atomic E-state index is 13.5. The van der Waals surface area contributed by atoms with Gasteiger partial charge in [0.15, 0.2) is 0 Å². The number of carbonyl (C=O) groups excluding carboxylic acids is 1. The molecule has 98 valence electrons. The summed E-state index contributed by atoms with van der Waals surface area (Å²) in [4.78, 5) is 14.0. The van der Waals surface area contributed by atoms with E-state index in [1.807, 2.05) is 4.90 Å². The van der Waals surface area contributed by atoms with E-state index in [4.69, 9.17) is 0 Å². The van der Waals surface area contributed by atoms with E-state index >= 15 is 0 Å². The second-order valence-electron chi connectivity index (χ2n) is 4.66. The standard InChI is InChI=1S/C14H19FN2O/c1-2-11-7-5-6-10-17(11)14(18)16-13-9-4-3-8-12(13)15/h3-4,8-9,11H,2,5-7,10H2,1H3,(H,16,18)/t11-/m0/s1. The lowest BCUT2D eigenvalue weighted by Gasteiger charge is -2.35. The summed E-state index contributed by atoms with van der Waals surface area (Å²) in [5.41, 5.74) is 0.253. The van der Waals surface area contributed by atoms with E-state index in [9.17, 15) is 9.18 Å². The van der Waals surface area contributed by atoms with Crippen LogP contribution in [0.5, 0.6) is 0 Å². The Bertz CT molecular complexity index is 422. The third kappa shape index (κ3) is 2.81. The molecular weight excluding hydrogens is 231 g/mol.